The molecular formula is C25H28N6O3S. The molecule has 4 rings (SSSR count). The SMILES string of the molecule is CCOc1ccc(-n2c(SCC(=O)Nc3c(C)nn(C)c3C)nnc2-c2cccc(OC)c2)cc1. The first-order valence-electron chi connectivity index (χ1n) is 11.2. The zero-order valence-corrected chi connectivity index (χ0v) is 21.2. The third kappa shape index (κ3) is 5.32. The van der Waals surface area contributed by atoms with Crippen molar-refractivity contribution in [1.82, 2.24) is 24.5 Å². The Labute approximate surface area is 208 Å². The van der Waals surface area contributed by atoms with Crippen molar-refractivity contribution < 1.29 is 14.3 Å². The van der Waals surface area contributed by atoms with Gasteiger partial charge in [-0.1, -0.05) is 23.9 Å². The van der Waals surface area contributed by atoms with Crippen LogP contribution >= 0.6 is 11.8 Å². The Morgan fingerprint density at radius 3 is 2.51 bits per heavy atom. The number of aryl methyl sites for hydroxylation is 2. The fourth-order valence-electron chi connectivity index (χ4n) is 3.66. The average molecular weight is 493 g/mol. The topological polar surface area (TPSA) is 96.1 Å². The second kappa shape index (κ2) is 10.6. The summed E-state index contributed by atoms with van der Waals surface area (Å²) in [4.78, 5) is 12.8. The number of carbonyl (C=O) groups excluding carboxylic acids is 1. The first-order chi connectivity index (χ1) is 16.9. The van der Waals surface area contributed by atoms with Gasteiger partial charge >= 0.3 is 0 Å². The minimum Gasteiger partial charge on any atom is -0.497 e. The third-order valence-corrected chi connectivity index (χ3v) is 6.40. The average Bonchev–Trinajstić information content (AvgIpc) is 3.39. The van der Waals surface area contributed by atoms with Crippen LogP contribution in [-0.4, -0.2) is 49.9 Å². The molecule has 0 atom stereocenters. The smallest absolute Gasteiger partial charge is 0.234 e. The highest BCUT2D eigenvalue weighted by Crippen LogP contribution is 2.30. The summed E-state index contributed by atoms with van der Waals surface area (Å²) in [6.07, 6.45) is 0. The van der Waals surface area contributed by atoms with Gasteiger partial charge in [0.2, 0.25) is 5.91 Å². The van der Waals surface area contributed by atoms with E-state index < -0.39 is 0 Å². The molecule has 10 heteroatoms. The number of nitrogens with one attached hydrogen (secondary N) is 1. The van der Waals surface area contributed by atoms with E-state index in [-0.39, 0.29) is 11.7 Å². The molecule has 2 heterocycles. The molecule has 0 saturated carbocycles. The Bertz CT molecular complexity index is 1330. The molecule has 0 spiro atoms. The highest BCUT2D eigenvalue weighted by molar-refractivity contribution is 7.99. The van der Waals surface area contributed by atoms with E-state index in [9.17, 15) is 4.79 Å². The lowest BCUT2D eigenvalue weighted by molar-refractivity contribution is -0.113. The summed E-state index contributed by atoms with van der Waals surface area (Å²) in [6.45, 7) is 6.33. The Kier molecular flexibility index (Phi) is 7.40. The number of rotatable bonds is 9. The first-order valence-corrected chi connectivity index (χ1v) is 12.2. The van der Waals surface area contributed by atoms with E-state index in [1.54, 1.807) is 11.8 Å². The largest absolute Gasteiger partial charge is 0.497 e. The van der Waals surface area contributed by atoms with Crippen LogP contribution in [0.4, 0.5) is 5.69 Å². The van der Waals surface area contributed by atoms with Crippen LogP contribution in [0.3, 0.4) is 0 Å². The van der Waals surface area contributed by atoms with Crippen molar-refractivity contribution in [2.45, 2.75) is 25.9 Å². The molecule has 0 aliphatic heterocycles. The summed E-state index contributed by atoms with van der Waals surface area (Å²) in [5.74, 6) is 2.18. The Morgan fingerprint density at radius 2 is 1.86 bits per heavy atom. The third-order valence-electron chi connectivity index (χ3n) is 5.47. The van der Waals surface area contributed by atoms with E-state index in [1.807, 2.05) is 80.9 Å². The maximum atomic E-state index is 12.8. The molecule has 0 aliphatic carbocycles. The maximum absolute atomic E-state index is 12.8. The summed E-state index contributed by atoms with van der Waals surface area (Å²) >= 11 is 1.32. The molecular weight excluding hydrogens is 464 g/mol. The van der Waals surface area contributed by atoms with E-state index in [1.165, 1.54) is 11.8 Å². The molecule has 1 amide bonds. The van der Waals surface area contributed by atoms with Gasteiger partial charge < -0.3 is 14.8 Å². The minimum absolute atomic E-state index is 0.140. The van der Waals surface area contributed by atoms with Gasteiger partial charge in [-0.15, -0.1) is 10.2 Å². The van der Waals surface area contributed by atoms with E-state index in [4.69, 9.17) is 9.47 Å². The lowest BCUT2D eigenvalue weighted by Crippen LogP contribution is -2.15. The number of ether oxygens (including phenoxy) is 2. The highest BCUT2D eigenvalue weighted by Gasteiger charge is 2.19. The summed E-state index contributed by atoms with van der Waals surface area (Å²) in [7, 11) is 3.48. The number of anilines is 1. The van der Waals surface area contributed by atoms with Crippen molar-refractivity contribution in [3.05, 3.63) is 59.9 Å². The van der Waals surface area contributed by atoms with Crippen LogP contribution in [0.25, 0.3) is 17.1 Å². The lowest BCUT2D eigenvalue weighted by Gasteiger charge is -2.12. The highest BCUT2D eigenvalue weighted by atomic mass is 32.2. The van der Waals surface area contributed by atoms with Crippen molar-refractivity contribution in [2.75, 3.05) is 24.8 Å². The Morgan fingerprint density at radius 1 is 1.09 bits per heavy atom. The second-order valence-corrected chi connectivity index (χ2v) is 8.75. The summed E-state index contributed by atoms with van der Waals surface area (Å²) in [5, 5.41) is 16.8. The van der Waals surface area contributed by atoms with Crippen molar-refractivity contribution in [2.24, 2.45) is 7.05 Å². The number of hydrogen-bond donors (Lipinski definition) is 1. The molecule has 0 saturated heterocycles. The van der Waals surface area contributed by atoms with Crippen LogP contribution in [0, 0.1) is 13.8 Å². The van der Waals surface area contributed by atoms with Gasteiger partial charge in [0, 0.05) is 18.3 Å². The second-order valence-electron chi connectivity index (χ2n) is 7.81. The van der Waals surface area contributed by atoms with Crippen LogP contribution in [0.15, 0.2) is 53.7 Å². The molecule has 0 fully saturated rings. The number of carbonyl (C=O) groups is 1. The predicted molar refractivity (Wildman–Crippen MR) is 137 cm³/mol. The zero-order chi connectivity index (χ0) is 24.9. The van der Waals surface area contributed by atoms with Crippen LogP contribution in [0.1, 0.15) is 18.3 Å². The lowest BCUT2D eigenvalue weighted by atomic mass is 10.2. The van der Waals surface area contributed by atoms with Crippen molar-refractivity contribution in [3.8, 4) is 28.6 Å². The van der Waals surface area contributed by atoms with Crippen LogP contribution < -0.4 is 14.8 Å². The molecule has 0 radical (unpaired) electrons. The van der Waals surface area contributed by atoms with E-state index in [0.717, 1.165) is 39.8 Å². The molecule has 35 heavy (non-hydrogen) atoms. The quantitative estimate of drug-likeness (QED) is 0.346. The predicted octanol–water partition coefficient (Wildman–Crippen LogP) is 4.42. The Hall–Kier alpha value is -3.79. The van der Waals surface area contributed by atoms with Gasteiger partial charge in [-0.2, -0.15) is 5.10 Å². The monoisotopic (exact) mass is 492 g/mol. The van der Waals surface area contributed by atoms with E-state index in [0.29, 0.717) is 17.6 Å². The van der Waals surface area contributed by atoms with Gasteiger partial charge in [0.1, 0.15) is 11.5 Å². The van der Waals surface area contributed by atoms with Crippen LogP contribution in [0.2, 0.25) is 0 Å². The van der Waals surface area contributed by atoms with E-state index >= 15 is 0 Å². The number of nitrogens with zero attached hydrogens (tertiary/aromatic N) is 5. The molecule has 2 aromatic heterocycles. The zero-order valence-electron chi connectivity index (χ0n) is 20.4. The minimum atomic E-state index is -0.140. The normalized spacial score (nSPS) is 10.9. The van der Waals surface area contributed by atoms with Gasteiger partial charge in [0.25, 0.3) is 0 Å². The number of aromatic nitrogens is 5. The molecule has 0 aliphatic rings. The summed E-state index contributed by atoms with van der Waals surface area (Å²) in [5.41, 5.74) is 4.13. The molecule has 0 bridgehead atoms. The maximum Gasteiger partial charge on any atom is 0.234 e. The molecule has 182 valence electrons. The molecule has 2 aromatic carbocycles. The van der Waals surface area contributed by atoms with E-state index in [2.05, 4.69) is 20.6 Å². The number of methoxy groups -OCH3 is 1. The van der Waals surface area contributed by atoms with Crippen molar-refractivity contribution in [1.29, 1.82) is 0 Å². The summed E-state index contributed by atoms with van der Waals surface area (Å²) < 4.78 is 14.7. The fraction of sp³-hybridized carbons (Fsp3) is 0.280. The van der Waals surface area contributed by atoms with Gasteiger partial charge in [-0.05, 0) is 57.2 Å². The molecule has 9 nitrogen and oxygen atoms in total. The standard InChI is InChI=1S/C25H28N6O3S/c1-6-34-20-12-10-19(11-13-20)31-24(18-8-7-9-21(14-18)33-5)27-28-25(31)35-15-22(32)26-23-16(2)29-30(4)17(23)3/h7-14H,6,15H2,1-5H3,(H,26,32). The van der Waals surface area contributed by atoms with Crippen molar-refractivity contribution in [3.63, 3.8) is 0 Å². The number of amides is 1. The molecule has 4 aromatic rings. The fourth-order valence-corrected chi connectivity index (χ4v) is 4.42. The van der Waals surface area contributed by atoms with Crippen LogP contribution in [-0.2, 0) is 11.8 Å². The van der Waals surface area contributed by atoms with Gasteiger partial charge in [0.05, 0.1) is 36.5 Å². The van der Waals surface area contributed by atoms with Gasteiger partial charge in [0.15, 0.2) is 11.0 Å². The first kappa shape index (κ1) is 24.3. The van der Waals surface area contributed by atoms with Crippen LogP contribution in [0.5, 0.6) is 11.5 Å². The summed E-state index contributed by atoms with van der Waals surface area (Å²) in [6, 6.07) is 15.4. The van der Waals surface area contributed by atoms with Gasteiger partial charge in [-0.3, -0.25) is 14.0 Å². The number of hydrogen-bond acceptors (Lipinski definition) is 7. The number of thioether (sulfide) groups is 1. The molecule has 0 unspecified atom stereocenters. The molecule has 1 N–H and O–H groups in total. The van der Waals surface area contributed by atoms with Crippen molar-refractivity contribution >= 4 is 23.4 Å². The Balaban J connectivity index is 1.63. The number of benzene rings is 2. The van der Waals surface area contributed by atoms with Gasteiger partial charge in [-0.25, -0.2) is 0 Å².